The number of halogens is 2. The first-order chi connectivity index (χ1) is 12.0. The van der Waals surface area contributed by atoms with E-state index < -0.39 is 0 Å². The number of nitrogens with zero attached hydrogens (tertiary/aromatic N) is 2. The summed E-state index contributed by atoms with van der Waals surface area (Å²) >= 11 is 12.0. The number of aromatic nitrogens is 2. The molecule has 7 heteroatoms. The van der Waals surface area contributed by atoms with Crippen molar-refractivity contribution in [3.8, 4) is 0 Å². The molecule has 3 rings (SSSR count). The van der Waals surface area contributed by atoms with Gasteiger partial charge in [-0.15, -0.1) is 0 Å². The highest BCUT2D eigenvalue weighted by Crippen LogP contribution is 2.22. The van der Waals surface area contributed by atoms with Crippen molar-refractivity contribution < 1.29 is 4.79 Å². The first-order valence-corrected chi connectivity index (χ1v) is 8.40. The Morgan fingerprint density at radius 1 is 1.24 bits per heavy atom. The molecule has 0 spiro atoms. The number of fused-ring (bicyclic) bond motifs is 1. The van der Waals surface area contributed by atoms with E-state index in [2.05, 4.69) is 10.3 Å². The van der Waals surface area contributed by atoms with Crippen LogP contribution in [-0.2, 0) is 11.3 Å². The van der Waals surface area contributed by atoms with Crippen molar-refractivity contribution in [2.45, 2.75) is 19.5 Å². The number of hydrogen-bond donors (Lipinski definition) is 1. The van der Waals surface area contributed by atoms with Crippen LogP contribution in [-0.4, -0.2) is 15.5 Å². The SMILES string of the molecule is CC(NC(=O)Cn1cnc2cc(Cl)ccc2c1=O)c1ccccc1Cl. The first-order valence-electron chi connectivity index (χ1n) is 7.64. The predicted octanol–water partition coefficient (Wildman–Crippen LogP) is 3.58. The van der Waals surface area contributed by atoms with Crippen molar-refractivity contribution in [1.82, 2.24) is 14.9 Å². The van der Waals surface area contributed by atoms with Crippen LogP contribution >= 0.6 is 23.2 Å². The Morgan fingerprint density at radius 3 is 2.76 bits per heavy atom. The molecule has 25 heavy (non-hydrogen) atoms. The number of nitrogens with one attached hydrogen (secondary N) is 1. The summed E-state index contributed by atoms with van der Waals surface area (Å²) in [6.45, 7) is 1.71. The summed E-state index contributed by atoms with van der Waals surface area (Å²) in [6.07, 6.45) is 1.35. The molecule has 0 saturated heterocycles. The quantitative estimate of drug-likeness (QED) is 0.757. The molecule has 1 amide bonds. The lowest BCUT2D eigenvalue weighted by atomic mass is 10.1. The van der Waals surface area contributed by atoms with E-state index >= 15 is 0 Å². The van der Waals surface area contributed by atoms with Crippen LogP contribution in [0.3, 0.4) is 0 Å². The molecule has 0 aliphatic carbocycles. The molecule has 1 N–H and O–H groups in total. The number of benzene rings is 2. The number of carbonyl (C=O) groups excluding carboxylic acids is 1. The average molecular weight is 376 g/mol. The maximum absolute atomic E-state index is 12.5. The van der Waals surface area contributed by atoms with Crippen LogP contribution in [0.5, 0.6) is 0 Å². The van der Waals surface area contributed by atoms with E-state index in [4.69, 9.17) is 23.2 Å². The minimum absolute atomic E-state index is 0.126. The Morgan fingerprint density at radius 2 is 2.00 bits per heavy atom. The van der Waals surface area contributed by atoms with Crippen LogP contribution in [0, 0.1) is 0 Å². The van der Waals surface area contributed by atoms with E-state index in [0.717, 1.165) is 5.56 Å². The molecule has 0 saturated carbocycles. The molecule has 1 heterocycles. The summed E-state index contributed by atoms with van der Waals surface area (Å²) in [6, 6.07) is 11.9. The van der Waals surface area contributed by atoms with Crippen molar-refractivity contribution in [3.05, 3.63) is 74.8 Å². The van der Waals surface area contributed by atoms with E-state index in [1.165, 1.54) is 10.9 Å². The van der Waals surface area contributed by atoms with Crippen molar-refractivity contribution in [1.29, 1.82) is 0 Å². The van der Waals surface area contributed by atoms with E-state index in [-0.39, 0.29) is 24.1 Å². The molecule has 0 aliphatic rings. The second kappa shape index (κ2) is 7.25. The van der Waals surface area contributed by atoms with E-state index in [1.807, 2.05) is 25.1 Å². The van der Waals surface area contributed by atoms with E-state index in [9.17, 15) is 9.59 Å². The molecule has 0 fully saturated rings. The zero-order chi connectivity index (χ0) is 18.0. The number of amides is 1. The smallest absolute Gasteiger partial charge is 0.261 e. The topological polar surface area (TPSA) is 64.0 Å². The second-order valence-corrected chi connectivity index (χ2v) is 6.49. The Labute approximate surface area is 154 Å². The fourth-order valence-corrected chi connectivity index (χ4v) is 3.06. The van der Waals surface area contributed by atoms with Gasteiger partial charge in [-0.2, -0.15) is 0 Å². The third-order valence-corrected chi connectivity index (χ3v) is 4.43. The summed E-state index contributed by atoms with van der Waals surface area (Å²) in [5.74, 6) is -0.301. The van der Waals surface area contributed by atoms with E-state index in [0.29, 0.717) is 20.9 Å². The molecule has 1 aromatic heterocycles. The van der Waals surface area contributed by atoms with Crippen LogP contribution < -0.4 is 10.9 Å². The second-order valence-electron chi connectivity index (χ2n) is 5.65. The lowest BCUT2D eigenvalue weighted by Crippen LogP contribution is -2.34. The zero-order valence-electron chi connectivity index (χ0n) is 13.4. The van der Waals surface area contributed by atoms with Crippen molar-refractivity contribution in [3.63, 3.8) is 0 Å². The summed E-state index contributed by atoms with van der Waals surface area (Å²) in [5, 5.41) is 4.34. The zero-order valence-corrected chi connectivity index (χ0v) is 14.9. The molecule has 0 bridgehead atoms. The molecular formula is C18H15Cl2N3O2. The molecule has 2 aromatic carbocycles. The van der Waals surface area contributed by atoms with Gasteiger partial charge in [0.15, 0.2) is 0 Å². The summed E-state index contributed by atoms with van der Waals surface area (Å²) in [4.78, 5) is 28.9. The van der Waals surface area contributed by atoms with Gasteiger partial charge in [-0.05, 0) is 36.8 Å². The fraction of sp³-hybridized carbons (Fsp3) is 0.167. The highest BCUT2D eigenvalue weighted by molar-refractivity contribution is 6.31. The highest BCUT2D eigenvalue weighted by Gasteiger charge is 2.14. The fourth-order valence-electron chi connectivity index (χ4n) is 2.59. The molecule has 0 radical (unpaired) electrons. The molecule has 1 atom stereocenters. The number of hydrogen-bond acceptors (Lipinski definition) is 3. The minimum Gasteiger partial charge on any atom is -0.348 e. The summed E-state index contributed by atoms with van der Waals surface area (Å²) in [7, 11) is 0. The van der Waals surface area contributed by atoms with Crippen LogP contribution in [0.25, 0.3) is 10.9 Å². The van der Waals surface area contributed by atoms with Crippen LogP contribution in [0.1, 0.15) is 18.5 Å². The lowest BCUT2D eigenvalue weighted by molar-refractivity contribution is -0.122. The Hall–Kier alpha value is -2.37. The molecule has 3 aromatic rings. The van der Waals surface area contributed by atoms with Gasteiger partial charge in [0.25, 0.3) is 5.56 Å². The van der Waals surface area contributed by atoms with Crippen molar-refractivity contribution >= 4 is 40.0 Å². The van der Waals surface area contributed by atoms with Crippen molar-refractivity contribution in [2.75, 3.05) is 0 Å². The maximum atomic E-state index is 12.5. The van der Waals surface area contributed by atoms with Gasteiger partial charge >= 0.3 is 0 Å². The average Bonchev–Trinajstić information content (AvgIpc) is 2.57. The third kappa shape index (κ3) is 3.83. The molecule has 128 valence electrons. The molecular weight excluding hydrogens is 361 g/mol. The first kappa shape index (κ1) is 17.5. The Balaban J connectivity index is 1.78. The van der Waals surface area contributed by atoms with Gasteiger partial charge in [-0.1, -0.05) is 41.4 Å². The normalized spacial score (nSPS) is 12.1. The molecule has 5 nitrogen and oxygen atoms in total. The van der Waals surface area contributed by atoms with Crippen LogP contribution in [0.4, 0.5) is 0 Å². The monoisotopic (exact) mass is 375 g/mol. The predicted molar refractivity (Wildman–Crippen MR) is 99.0 cm³/mol. The van der Waals surface area contributed by atoms with Gasteiger partial charge in [0.2, 0.25) is 5.91 Å². The molecule has 0 aliphatic heterocycles. The van der Waals surface area contributed by atoms with Gasteiger partial charge in [0, 0.05) is 10.0 Å². The minimum atomic E-state index is -0.301. The number of rotatable bonds is 4. The van der Waals surface area contributed by atoms with Gasteiger partial charge in [-0.25, -0.2) is 4.98 Å². The van der Waals surface area contributed by atoms with Gasteiger partial charge in [-0.3, -0.25) is 14.2 Å². The van der Waals surface area contributed by atoms with Gasteiger partial charge < -0.3 is 5.32 Å². The highest BCUT2D eigenvalue weighted by atomic mass is 35.5. The lowest BCUT2D eigenvalue weighted by Gasteiger charge is -2.16. The largest absolute Gasteiger partial charge is 0.348 e. The van der Waals surface area contributed by atoms with Crippen LogP contribution in [0.2, 0.25) is 10.0 Å². The Kier molecular flexibility index (Phi) is 5.06. The Bertz CT molecular complexity index is 1000. The van der Waals surface area contributed by atoms with Gasteiger partial charge in [0.1, 0.15) is 6.54 Å². The molecule has 1 unspecified atom stereocenters. The standard InChI is InChI=1S/C18H15Cl2N3O2/c1-11(13-4-2-3-5-15(13)20)22-17(24)9-23-10-21-16-8-12(19)6-7-14(16)18(23)25/h2-8,10-11H,9H2,1H3,(H,22,24). The van der Waals surface area contributed by atoms with E-state index in [1.54, 1.807) is 24.3 Å². The van der Waals surface area contributed by atoms with Crippen LogP contribution in [0.15, 0.2) is 53.6 Å². The summed E-state index contributed by atoms with van der Waals surface area (Å²) in [5.41, 5.74) is 1.02. The third-order valence-electron chi connectivity index (χ3n) is 3.85. The van der Waals surface area contributed by atoms with Gasteiger partial charge in [0.05, 0.1) is 23.3 Å². The van der Waals surface area contributed by atoms with Crippen molar-refractivity contribution in [2.24, 2.45) is 0 Å². The number of carbonyl (C=O) groups is 1. The summed E-state index contributed by atoms with van der Waals surface area (Å²) < 4.78 is 1.27. The maximum Gasteiger partial charge on any atom is 0.261 e.